The van der Waals surface area contributed by atoms with E-state index in [1.807, 2.05) is 41.9 Å². The van der Waals surface area contributed by atoms with Gasteiger partial charge in [0.25, 0.3) is 5.91 Å². The minimum Gasteiger partial charge on any atom is -0.347 e. The van der Waals surface area contributed by atoms with Gasteiger partial charge in [0.1, 0.15) is 10.6 Å². The van der Waals surface area contributed by atoms with Crippen LogP contribution < -0.4 is 5.32 Å². The Morgan fingerprint density at radius 2 is 1.89 bits per heavy atom. The lowest BCUT2D eigenvalue weighted by atomic mass is 10.2. The van der Waals surface area contributed by atoms with Crippen molar-refractivity contribution in [1.82, 2.24) is 15.1 Å². The first-order valence-electron chi connectivity index (χ1n) is 8.29. The molecule has 0 aliphatic carbocycles. The summed E-state index contributed by atoms with van der Waals surface area (Å²) in [4.78, 5) is 14.0. The first-order valence-corrected chi connectivity index (χ1v) is 9.48. The molecule has 4 aromatic rings. The second-order valence-electron chi connectivity index (χ2n) is 6.11. The number of thiophene rings is 1. The van der Waals surface area contributed by atoms with E-state index in [0.717, 1.165) is 27.2 Å². The van der Waals surface area contributed by atoms with Gasteiger partial charge in [0.15, 0.2) is 0 Å². The van der Waals surface area contributed by atoms with E-state index >= 15 is 0 Å². The van der Waals surface area contributed by atoms with Crippen LogP contribution in [0.2, 0.25) is 5.02 Å². The number of rotatable bonds is 4. The van der Waals surface area contributed by atoms with Crippen molar-refractivity contribution < 1.29 is 9.18 Å². The Bertz CT molecular complexity index is 1120. The molecule has 0 saturated heterocycles. The molecule has 0 radical (unpaired) electrons. The highest BCUT2D eigenvalue weighted by molar-refractivity contribution is 7.20. The van der Waals surface area contributed by atoms with E-state index in [0.29, 0.717) is 16.4 Å². The average Bonchev–Trinajstić information content (AvgIpc) is 3.23. The van der Waals surface area contributed by atoms with Crippen LogP contribution in [0.25, 0.3) is 15.9 Å². The van der Waals surface area contributed by atoms with E-state index in [-0.39, 0.29) is 11.7 Å². The summed E-state index contributed by atoms with van der Waals surface area (Å²) in [6.45, 7) is 2.26. The zero-order valence-electron chi connectivity index (χ0n) is 14.4. The molecule has 0 saturated carbocycles. The van der Waals surface area contributed by atoms with Crippen LogP contribution in [0.3, 0.4) is 0 Å². The van der Waals surface area contributed by atoms with Crippen molar-refractivity contribution in [3.8, 4) is 5.69 Å². The molecule has 0 aliphatic rings. The molecule has 7 heteroatoms. The fourth-order valence-electron chi connectivity index (χ4n) is 2.79. The van der Waals surface area contributed by atoms with Gasteiger partial charge in [0.2, 0.25) is 0 Å². The van der Waals surface area contributed by atoms with Crippen LogP contribution >= 0.6 is 22.9 Å². The first kappa shape index (κ1) is 17.7. The van der Waals surface area contributed by atoms with Crippen molar-refractivity contribution in [3.05, 3.63) is 81.6 Å². The van der Waals surface area contributed by atoms with Crippen molar-refractivity contribution in [1.29, 1.82) is 0 Å². The van der Waals surface area contributed by atoms with Gasteiger partial charge in [-0.25, -0.2) is 9.07 Å². The predicted octanol–water partition coefficient (Wildman–Crippen LogP) is 5.12. The van der Waals surface area contributed by atoms with Gasteiger partial charge < -0.3 is 5.32 Å². The largest absolute Gasteiger partial charge is 0.347 e. The molecule has 0 unspecified atom stereocenters. The number of carbonyl (C=O) groups is 1. The van der Waals surface area contributed by atoms with Crippen molar-refractivity contribution in [2.24, 2.45) is 0 Å². The van der Waals surface area contributed by atoms with E-state index in [1.54, 1.807) is 12.1 Å². The second kappa shape index (κ2) is 7.13. The van der Waals surface area contributed by atoms with Gasteiger partial charge in [0.05, 0.1) is 16.3 Å². The van der Waals surface area contributed by atoms with Crippen molar-refractivity contribution in [2.75, 3.05) is 0 Å². The molecule has 0 atom stereocenters. The number of fused-ring (bicyclic) bond motifs is 1. The molecule has 1 amide bonds. The van der Waals surface area contributed by atoms with Gasteiger partial charge in [-0.2, -0.15) is 5.10 Å². The molecular weight excluding hydrogens is 385 g/mol. The molecule has 0 fully saturated rings. The van der Waals surface area contributed by atoms with Gasteiger partial charge >= 0.3 is 0 Å². The van der Waals surface area contributed by atoms with Crippen molar-refractivity contribution in [2.45, 2.75) is 13.5 Å². The van der Waals surface area contributed by atoms with E-state index in [2.05, 4.69) is 10.4 Å². The van der Waals surface area contributed by atoms with Crippen LogP contribution in [0.5, 0.6) is 0 Å². The highest BCUT2D eigenvalue weighted by Crippen LogP contribution is 2.30. The fourth-order valence-corrected chi connectivity index (χ4v) is 4.01. The summed E-state index contributed by atoms with van der Waals surface area (Å²) in [5.41, 5.74) is 2.58. The number of aryl methyl sites for hydroxylation is 1. The zero-order valence-corrected chi connectivity index (χ0v) is 15.9. The third-order valence-corrected chi connectivity index (χ3v) is 5.57. The number of carbonyl (C=O) groups excluding carboxylic acids is 1. The van der Waals surface area contributed by atoms with Gasteiger partial charge in [-0.15, -0.1) is 11.3 Å². The van der Waals surface area contributed by atoms with Crippen LogP contribution in [-0.4, -0.2) is 15.7 Å². The molecule has 4 rings (SSSR count). The SMILES string of the molecule is Cc1nn(-c2ccc(Cl)cc2)c2sc(C(=O)NCc3ccc(F)cc3)cc12. The Labute approximate surface area is 164 Å². The van der Waals surface area contributed by atoms with Crippen LogP contribution in [0.15, 0.2) is 54.6 Å². The monoisotopic (exact) mass is 399 g/mol. The lowest BCUT2D eigenvalue weighted by Gasteiger charge is -2.04. The summed E-state index contributed by atoms with van der Waals surface area (Å²) in [5.74, 6) is -0.459. The number of benzene rings is 2. The Kier molecular flexibility index (Phi) is 4.68. The molecule has 2 heterocycles. The van der Waals surface area contributed by atoms with Crippen molar-refractivity contribution >= 4 is 39.1 Å². The lowest BCUT2D eigenvalue weighted by Crippen LogP contribution is -2.21. The molecular formula is C20H15ClFN3OS. The van der Waals surface area contributed by atoms with Crippen LogP contribution in [0.4, 0.5) is 4.39 Å². The van der Waals surface area contributed by atoms with Gasteiger partial charge in [0, 0.05) is 17.0 Å². The number of nitrogens with one attached hydrogen (secondary N) is 1. The molecule has 2 aromatic carbocycles. The number of aromatic nitrogens is 2. The van der Waals surface area contributed by atoms with Crippen LogP contribution in [-0.2, 0) is 6.54 Å². The minimum absolute atomic E-state index is 0.164. The number of halogens is 2. The maximum absolute atomic E-state index is 13.0. The summed E-state index contributed by atoms with van der Waals surface area (Å²) in [7, 11) is 0. The Morgan fingerprint density at radius 3 is 2.59 bits per heavy atom. The maximum atomic E-state index is 13.0. The fraction of sp³-hybridized carbons (Fsp3) is 0.100. The van der Waals surface area contributed by atoms with E-state index < -0.39 is 0 Å². The smallest absolute Gasteiger partial charge is 0.261 e. The Hall–Kier alpha value is -2.70. The van der Waals surface area contributed by atoms with Crippen molar-refractivity contribution in [3.63, 3.8) is 0 Å². The summed E-state index contributed by atoms with van der Waals surface area (Å²) in [6.07, 6.45) is 0. The minimum atomic E-state index is -0.295. The number of hydrogen-bond acceptors (Lipinski definition) is 3. The highest BCUT2D eigenvalue weighted by Gasteiger charge is 2.17. The lowest BCUT2D eigenvalue weighted by molar-refractivity contribution is 0.0955. The quantitative estimate of drug-likeness (QED) is 0.517. The topological polar surface area (TPSA) is 46.9 Å². The van der Waals surface area contributed by atoms with Gasteiger partial charge in [-0.3, -0.25) is 4.79 Å². The number of nitrogens with zero attached hydrogens (tertiary/aromatic N) is 2. The third-order valence-electron chi connectivity index (χ3n) is 4.21. The molecule has 136 valence electrons. The summed E-state index contributed by atoms with van der Waals surface area (Å²) in [5, 5.41) is 9.05. The first-order chi connectivity index (χ1) is 13.0. The van der Waals surface area contributed by atoms with E-state index in [4.69, 9.17) is 11.6 Å². The van der Waals surface area contributed by atoms with E-state index in [9.17, 15) is 9.18 Å². The summed E-state index contributed by atoms with van der Waals surface area (Å²) >= 11 is 7.35. The van der Waals surface area contributed by atoms with Crippen LogP contribution in [0, 0.1) is 12.7 Å². The number of hydrogen-bond donors (Lipinski definition) is 1. The molecule has 0 spiro atoms. The standard InChI is InChI=1S/C20H15ClFN3OS/c1-12-17-10-18(19(26)23-11-13-2-6-15(22)7-3-13)27-20(17)25(24-12)16-8-4-14(21)5-9-16/h2-10H,11H2,1H3,(H,23,26). The Morgan fingerprint density at radius 1 is 1.19 bits per heavy atom. The Balaban J connectivity index is 1.59. The summed E-state index contributed by atoms with van der Waals surface area (Å²) in [6, 6.07) is 15.3. The second-order valence-corrected chi connectivity index (χ2v) is 7.58. The molecule has 27 heavy (non-hydrogen) atoms. The van der Waals surface area contributed by atoms with Crippen LogP contribution in [0.1, 0.15) is 20.9 Å². The molecule has 2 aromatic heterocycles. The molecule has 0 bridgehead atoms. The maximum Gasteiger partial charge on any atom is 0.261 e. The van der Waals surface area contributed by atoms with E-state index in [1.165, 1.54) is 23.5 Å². The highest BCUT2D eigenvalue weighted by atomic mass is 35.5. The molecule has 0 aliphatic heterocycles. The third kappa shape index (κ3) is 3.59. The molecule has 4 nitrogen and oxygen atoms in total. The van der Waals surface area contributed by atoms with Gasteiger partial charge in [-0.05, 0) is 55.0 Å². The number of amides is 1. The molecule has 1 N–H and O–H groups in total. The normalized spacial score (nSPS) is 11.1. The van der Waals surface area contributed by atoms with Gasteiger partial charge in [-0.1, -0.05) is 23.7 Å². The predicted molar refractivity (Wildman–Crippen MR) is 106 cm³/mol. The summed E-state index contributed by atoms with van der Waals surface area (Å²) < 4.78 is 14.8. The zero-order chi connectivity index (χ0) is 19.0. The average molecular weight is 400 g/mol.